The molecule has 0 amide bonds. The molecule has 4 aromatic rings. The third kappa shape index (κ3) is 2.77. The number of aromatic nitrogens is 6. The van der Waals surface area contributed by atoms with E-state index in [1.54, 1.807) is 10.7 Å². The molecule has 2 fully saturated rings. The molecule has 3 aromatic heterocycles. The van der Waals surface area contributed by atoms with Gasteiger partial charge in [-0.05, 0) is 40.9 Å². The molecule has 1 spiro atoms. The van der Waals surface area contributed by atoms with Crippen LogP contribution in [0, 0.1) is 5.41 Å². The molecule has 1 aliphatic carbocycles. The Morgan fingerprint density at radius 1 is 1.24 bits per heavy atom. The monoisotopic (exact) mass is 453 g/mol. The Kier molecular flexibility index (Phi) is 3.63. The van der Waals surface area contributed by atoms with Crippen LogP contribution in [0.25, 0.3) is 16.7 Å². The summed E-state index contributed by atoms with van der Waals surface area (Å²) in [5.74, 6) is 2.15. The number of aromatic amines is 1. The molecule has 4 N–H and O–H groups in total. The van der Waals surface area contributed by atoms with Gasteiger partial charge in [0.25, 0.3) is 0 Å². The number of hydrogen-bond acceptors (Lipinski definition) is 7. The van der Waals surface area contributed by atoms with Crippen LogP contribution in [0.1, 0.15) is 18.7 Å². The van der Waals surface area contributed by atoms with Crippen molar-refractivity contribution >= 4 is 44.5 Å². The molecule has 9 nitrogen and oxygen atoms in total. The molecule has 1 aromatic carbocycles. The molecule has 4 heterocycles. The number of anilines is 2. The lowest BCUT2D eigenvalue weighted by molar-refractivity contribution is 0.499. The van der Waals surface area contributed by atoms with Gasteiger partial charge in [0.15, 0.2) is 5.65 Å². The van der Waals surface area contributed by atoms with E-state index in [9.17, 15) is 0 Å². The van der Waals surface area contributed by atoms with Crippen molar-refractivity contribution in [2.75, 3.05) is 23.3 Å². The van der Waals surface area contributed by atoms with Crippen molar-refractivity contribution in [3.05, 3.63) is 40.8 Å². The van der Waals surface area contributed by atoms with Crippen LogP contribution in [-0.4, -0.2) is 48.7 Å². The van der Waals surface area contributed by atoms with E-state index < -0.39 is 0 Å². The molecule has 148 valence electrons. The van der Waals surface area contributed by atoms with Crippen molar-refractivity contribution in [3.8, 4) is 0 Å². The highest BCUT2D eigenvalue weighted by Crippen LogP contribution is 2.52. The van der Waals surface area contributed by atoms with Gasteiger partial charge in [-0.15, -0.1) is 0 Å². The predicted molar refractivity (Wildman–Crippen MR) is 114 cm³/mol. The zero-order valence-corrected chi connectivity index (χ0v) is 17.2. The lowest BCUT2D eigenvalue weighted by Crippen LogP contribution is -2.30. The van der Waals surface area contributed by atoms with E-state index in [1.807, 2.05) is 24.3 Å². The number of H-pyrrole nitrogens is 1. The van der Waals surface area contributed by atoms with Crippen LogP contribution in [0.4, 0.5) is 11.9 Å². The number of nitrogens with one attached hydrogen (secondary N) is 2. The highest BCUT2D eigenvalue weighted by atomic mass is 79.9. The number of hydrogen-bond donors (Lipinski definition) is 3. The van der Waals surface area contributed by atoms with Gasteiger partial charge in [-0.1, -0.05) is 12.1 Å². The first-order valence-electron chi connectivity index (χ1n) is 9.71. The number of fused-ring (bicyclic) bond motifs is 2. The van der Waals surface area contributed by atoms with Crippen LogP contribution in [0.5, 0.6) is 0 Å². The van der Waals surface area contributed by atoms with Gasteiger partial charge in [-0.3, -0.25) is 0 Å². The Hall–Kier alpha value is -2.72. The minimum Gasteiger partial charge on any atom is -0.347 e. The van der Waals surface area contributed by atoms with Crippen molar-refractivity contribution in [3.63, 3.8) is 0 Å². The van der Waals surface area contributed by atoms with Gasteiger partial charge >= 0.3 is 0 Å². The van der Waals surface area contributed by atoms with E-state index in [1.165, 1.54) is 12.8 Å². The smallest absolute Gasteiger partial charge is 0.230 e. The molecular formula is C19H20BrN9. The Balaban J connectivity index is 1.33. The topological polar surface area (TPSA) is 113 Å². The Labute approximate surface area is 174 Å². The minimum atomic E-state index is 0.183. The molecule has 29 heavy (non-hydrogen) atoms. The average Bonchev–Trinajstić information content (AvgIpc) is 3.07. The number of nitrogens with two attached hydrogens (primary N) is 1. The summed E-state index contributed by atoms with van der Waals surface area (Å²) >= 11 is 3.55. The quantitative estimate of drug-likeness (QED) is 0.434. The van der Waals surface area contributed by atoms with Gasteiger partial charge in [0.05, 0.1) is 28.2 Å². The van der Waals surface area contributed by atoms with Crippen molar-refractivity contribution < 1.29 is 0 Å². The van der Waals surface area contributed by atoms with Gasteiger partial charge in [-0.2, -0.15) is 19.6 Å². The van der Waals surface area contributed by atoms with E-state index in [0.717, 1.165) is 40.1 Å². The summed E-state index contributed by atoms with van der Waals surface area (Å²) in [6.45, 7) is 2.20. The molecule has 1 aliphatic heterocycles. The highest BCUT2D eigenvalue weighted by Gasteiger charge is 2.54. The zero-order chi connectivity index (χ0) is 19.6. The first-order valence-corrected chi connectivity index (χ1v) is 10.5. The van der Waals surface area contributed by atoms with Gasteiger partial charge < -0.3 is 20.9 Å². The molecule has 0 radical (unpaired) electrons. The number of imidazole rings is 1. The first-order chi connectivity index (χ1) is 14.1. The van der Waals surface area contributed by atoms with Gasteiger partial charge in [0, 0.05) is 24.5 Å². The predicted octanol–water partition coefficient (Wildman–Crippen LogP) is 2.30. The van der Waals surface area contributed by atoms with Crippen molar-refractivity contribution in [2.45, 2.75) is 25.4 Å². The fourth-order valence-corrected chi connectivity index (χ4v) is 4.53. The van der Waals surface area contributed by atoms with Crippen molar-refractivity contribution in [2.24, 2.45) is 11.1 Å². The minimum absolute atomic E-state index is 0.183. The molecule has 2 aliphatic rings. The van der Waals surface area contributed by atoms with E-state index in [-0.39, 0.29) is 11.5 Å². The lowest BCUT2D eigenvalue weighted by Gasteiger charge is -2.17. The molecule has 1 unspecified atom stereocenters. The third-order valence-corrected chi connectivity index (χ3v) is 6.61. The second kappa shape index (κ2) is 6.14. The third-order valence-electron chi connectivity index (χ3n) is 6.05. The molecule has 1 atom stereocenters. The second-order valence-corrected chi connectivity index (χ2v) is 8.83. The number of halogens is 1. The average molecular weight is 454 g/mol. The normalized spacial score (nSPS) is 20.2. The lowest BCUT2D eigenvalue weighted by atomic mass is 10.0. The first kappa shape index (κ1) is 17.2. The fraction of sp³-hybridized carbons (Fsp3) is 0.368. The zero-order valence-electron chi connectivity index (χ0n) is 15.6. The SMILES string of the molecule is NC1CN(c2nc(NCc3nc4ccccc4[nH]3)n3ncc(Br)c3n2)CC12CC2. The largest absolute Gasteiger partial charge is 0.347 e. The molecule has 6 rings (SSSR count). The summed E-state index contributed by atoms with van der Waals surface area (Å²) in [6.07, 6.45) is 4.12. The van der Waals surface area contributed by atoms with Crippen LogP contribution in [0.2, 0.25) is 0 Å². The Morgan fingerprint density at radius 3 is 2.90 bits per heavy atom. The molecule has 1 saturated carbocycles. The molecular weight excluding hydrogens is 434 g/mol. The Morgan fingerprint density at radius 2 is 2.10 bits per heavy atom. The van der Waals surface area contributed by atoms with E-state index in [4.69, 9.17) is 15.7 Å². The maximum Gasteiger partial charge on any atom is 0.230 e. The second-order valence-electron chi connectivity index (χ2n) is 7.98. The number of rotatable bonds is 4. The van der Waals surface area contributed by atoms with E-state index in [0.29, 0.717) is 18.4 Å². The van der Waals surface area contributed by atoms with Crippen LogP contribution >= 0.6 is 15.9 Å². The summed E-state index contributed by atoms with van der Waals surface area (Å²) in [6, 6.07) is 8.16. The van der Waals surface area contributed by atoms with Crippen LogP contribution in [0.15, 0.2) is 34.9 Å². The highest BCUT2D eigenvalue weighted by molar-refractivity contribution is 9.10. The summed E-state index contributed by atoms with van der Waals surface area (Å²) < 4.78 is 2.54. The van der Waals surface area contributed by atoms with Gasteiger partial charge in [-0.25, -0.2) is 4.98 Å². The van der Waals surface area contributed by atoms with Crippen LogP contribution in [-0.2, 0) is 6.54 Å². The number of para-hydroxylation sites is 2. The molecule has 1 saturated heterocycles. The van der Waals surface area contributed by atoms with Gasteiger partial charge in [0.1, 0.15) is 5.82 Å². The van der Waals surface area contributed by atoms with Crippen molar-refractivity contribution in [1.29, 1.82) is 0 Å². The van der Waals surface area contributed by atoms with Gasteiger partial charge in [0.2, 0.25) is 11.9 Å². The summed E-state index contributed by atoms with van der Waals surface area (Å²) in [7, 11) is 0. The molecule has 0 bridgehead atoms. The number of nitrogens with zero attached hydrogens (tertiary/aromatic N) is 6. The summed E-state index contributed by atoms with van der Waals surface area (Å²) in [4.78, 5) is 19.7. The van der Waals surface area contributed by atoms with Crippen LogP contribution < -0.4 is 16.0 Å². The Bertz CT molecular complexity index is 1190. The standard InChI is InChI=1S/C19H20BrN9/c20-11-7-23-29-16(11)26-18(28-9-14(21)19(10-28)5-6-19)27-17(29)22-8-15-24-12-3-1-2-4-13(12)25-15/h1-4,7,14H,5-6,8-10,21H2,(H,24,25)(H,22,26,27). The van der Waals surface area contributed by atoms with Crippen LogP contribution in [0.3, 0.4) is 0 Å². The number of benzene rings is 1. The molecule has 10 heteroatoms. The summed E-state index contributed by atoms with van der Waals surface area (Å²) in [5.41, 5.74) is 9.33. The van der Waals surface area contributed by atoms with Crippen molar-refractivity contribution in [1.82, 2.24) is 29.5 Å². The maximum atomic E-state index is 6.38. The fourth-order valence-electron chi connectivity index (χ4n) is 4.18. The van der Waals surface area contributed by atoms with E-state index >= 15 is 0 Å². The van der Waals surface area contributed by atoms with E-state index in [2.05, 4.69) is 41.2 Å². The maximum absolute atomic E-state index is 6.38. The summed E-state index contributed by atoms with van der Waals surface area (Å²) in [5, 5.41) is 7.77.